The van der Waals surface area contributed by atoms with Gasteiger partial charge in [0.25, 0.3) is 10.0 Å². The van der Waals surface area contributed by atoms with Crippen LogP contribution in [0.4, 0.5) is 11.4 Å². The molecule has 0 radical (unpaired) electrons. The number of hydrogen-bond donors (Lipinski definition) is 2. The van der Waals surface area contributed by atoms with Gasteiger partial charge in [-0.15, -0.1) is 0 Å². The van der Waals surface area contributed by atoms with E-state index in [-0.39, 0.29) is 0 Å². The molecule has 2 aromatic carbocycles. The zero-order valence-electron chi connectivity index (χ0n) is 11.4. The van der Waals surface area contributed by atoms with Gasteiger partial charge < -0.3 is 5.32 Å². The first-order valence-electron chi connectivity index (χ1n) is 6.62. The van der Waals surface area contributed by atoms with Gasteiger partial charge in [-0.3, -0.25) is 4.72 Å². The van der Waals surface area contributed by atoms with E-state index in [1.165, 1.54) is 0 Å². The molecule has 2 N–H and O–H groups in total. The first-order valence-corrected chi connectivity index (χ1v) is 8.89. The van der Waals surface area contributed by atoms with Crippen molar-refractivity contribution in [3.8, 4) is 0 Å². The van der Waals surface area contributed by atoms with Gasteiger partial charge >= 0.3 is 0 Å². The standard InChI is InChI=1S/C15H15BrN2O2S/c1-10-8-11-9-14(6-7-15(11)17-10)21(19,20)18-13-4-2-12(16)3-5-13/h2-7,9-10,17-18H,8H2,1H3. The molecule has 0 aliphatic carbocycles. The van der Waals surface area contributed by atoms with Gasteiger partial charge in [-0.1, -0.05) is 15.9 Å². The molecule has 6 heteroatoms. The molecule has 1 aliphatic heterocycles. The quantitative estimate of drug-likeness (QED) is 0.872. The number of benzene rings is 2. The third kappa shape index (κ3) is 3.06. The summed E-state index contributed by atoms with van der Waals surface area (Å²) in [6.45, 7) is 2.08. The Morgan fingerprint density at radius 3 is 2.62 bits per heavy atom. The van der Waals surface area contributed by atoms with Crippen molar-refractivity contribution in [1.82, 2.24) is 0 Å². The molecule has 0 aromatic heterocycles. The van der Waals surface area contributed by atoms with Gasteiger partial charge in [0.2, 0.25) is 0 Å². The molecular weight excluding hydrogens is 352 g/mol. The second-order valence-corrected chi connectivity index (χ2v) is 7.78. The molecule has 2 aromatic rings. The van der Waals surface area contributed by atoms with Gasteiger partial charge in [-0.05, 0) is 61.4 Å². The van der Waals surface area contributed by atoms with E-state index >= 15 is 0 Å². The number of hydrogen-bond acceptors (Lipinski definition) is 3. The minimum Gasteiger partial charge on any atom is -0.382 e. The summed E-state index contributed by atoms with van der Waals surface area (Å²) >= 11 is 3.33. The van der Waals surface area contributed by atoms with Crippen LogP contribution in [0.2, 0.25) is 0 Å². The molecule has 0 saturated heterocycles. The zero-order valence-corrected chi connectivity index (χ0v) is 13.8. The van der Waals surface area contributed by atoms with E-state index in [2.05, 4.69) is 32.9 Å². The van der Waals surface area contributed by atoms with E-state index in [9.17, 15) is 8.42 Å². The van der Waals surface area contributed by atoms with Crippen LogP contribution in [-0.4, -0.2) is 14.5 Å². The summed E-state index contributed by atoms with van der Waals surface area (Å²) in [5.41, 5.74) is 2.61. The third-order valence-electron chi connectivity index (χ3n) is 3.41. The van der Waals surface area contributed by atoms with Gasteiger partial charge in [-0.25, -0.2) is 8.42 Å². The Balaban J connectivity index is 1.89. The summed E-state index contributed by atoms with van der Waals surface area (Å²) in [7, 11) is -3.56. The fourth-order valence-corrected chi connectivity index (χ4v) is 3.80. The Morgan fingerprint density at radius 1 is 1.19 bits per heavy atom. The van der Waals surface area contributed by atoms with Crippen LogP contribution >= 0.6 is 15.9 Å². The fraction of sp³-hybridized carbons (Fsp3) is 0.200. The number of rotatable bonds is 3. The first-order chi connectivity index (χ1) is 9.94. The van der Waals surface area contributed by atoms with Gasteiger partial charge in [0.1, 0.15) is 0 Å². The molecule has 0 bridgehead atoms. The van der Waals surface area contributed by atoms with Crippen LogP contribution in [0.25, 0.3) is 0 Å². The summed E-state index contributed by atoms with van der Waals surface area (Å²) in [6, 6.07) is 12.6. The molecule has 0 spiro atoms. The number of fused-ring (bicyclic) bond motifs is 1. The number of nitrogens with one attached hydrogen (secondary N) is 2. The van der Waals surface area contributed by atoms with Crippen molar-refractivity contribution in [2.45, 2.75) is 24.3 Å². The summed E-state index contributed by atoms with van der Waals surface area (Å²) < 4.78 is 28.4. The maximum atomic E-state index is 12.4. The van der Waals surface area contributed by atoms with E-state index in [4.69, 9.17) is 0 Å². The molecule has 0 amide bonds. The lowest BCUT2D eigenvalue weighted by Gasteiger charge is -2.09. The lowest BCUT2D eigenvalue weighted by molar-refractivity contribution is 0.601. The highest BCUT2D eigenvalue weighted by atomic mass is 79.9. The molecule has 3 rings (SSSR count). The largest absolute Gasteiger partial charge is 0.382 e. The van der Waals surface area contributed by atoms with Crippen LogP contribution in [0.1, 0.15) is 12.5 Å². The molecule has 4 nitrogen and oxygen atoms in total. The van der Waals surface area contributed by atoms with Crippen molar-refractivity contribution in [2.24, 2.45) is 0 Å². The zero-order chi connectivity index (χ0) is 15.0. The minimum absolute atomic E-state index is 0.292. The molecule has 1 aliphatic rings. The highest BCUT2D eigenvalue weighted by molar-refractivity contribution is 9.10. The summed E-state index contributed by atoms with van der Waals surface area (Å²) in [5, 5.41) is 3.31. The van der Waals surface area contributed by atoms with E-state index in [0.717, 1.165) is 22.1 Å². The molecule has 0 saturated carbocycles. The SMILES string of the molecule is CC1Cc2cc(S(=O)(=O)Nc3ccc(Br)cc3)ccc2N1. The smallest absolute Gasteiger partial charge is 0.261 e. The summed E-state index contributed by atoms with van der Waals surface area (Å²) in [6.07, 6.45) is 0.844. The maximum Gasteiger partial charge on any atom is 0.261 e. The third-order valence-corrected chi connectivity index (χ3v) is 5.32. The van der Waals surface area contributed by atoms with Crippen molar-refractivity contribution in [3.05, 3.63) is 52.5 Å². The van der Waals surface area contributed by atoms with Crippen molar-refractivity contribution < 1.29 is 8.42 Å². The van der Waals surface area contributed by atoms with Crippen LogP contribution in [0, 0.1) is 0 Å². The van der Waals surface area contributed by atoms with Crippen molar-refractivity contribution in [2.75, 3.05) is 10.0 Å². The van der Waals surface area contributed by atoms with Crippen LogP contribution < -0.4 is 10.0 Å². The molecule has 1 unspecified atom stereocenters. The first kappa shape index (κ1) is 14.4. The topological polar surface area (TPSA) is 58.2 Å². The Bertz CT molecular complexity index is 773. The Morgan fingerprint density at radius 2 is 1.90 bits per heavy atom. The normalized spacial score (nSPS) is 17.1. The van der Waals surface area contributed by atoms with Crippen LogP contribution in [0.5, 0.6) is 0 Å². The highest BCUT2D eigenvalue weighted by Crippen LogP contribution is 2.29. The van der Waals surface area contributed by atoms with Gasteiger partial charge in [-0.2, -0.15) is 0 Å². The van der Waals surface area contributed by atoms with Crippen LogP contribution in [-0.2, 0) is 16.4 Å². The summed E-state index contributed by atoms with van der Waals surface area (Å²) in [4.78, 5) is 0.292. The molecule has 1 heterocycles. The Kier molecular flexibility index (Phi) is 3.67. The number of anilines is 2. The van der Waals surface area contributed by atoms with E-state index < -0.39 is 10.0 Å². The second kappa shape index (κ2) is 5.35. The predicted octanol–water partition coefficient (Wildman–Crippen LogP) is 3.61. The van der Waals surface area contributed by atoms with Crippen molar-refractivity contribution >= 4 is 37.3 Å². The highest BCUT2D eigenvalue weighted by Gasteiger charge is 2.21. The van der Waals surface area contributed by atoms with Crippen LogP contribution in [0.15, 0.2) is 51.8 Å². The van der Waals surface area contributed by atoms with Crippen molar-refractivity contribution in [1.29, 1.82) is 0 Å². The fourth-order valence-electron chi connectivity index (χ4n) is 2.43. The lowest BCUT2D eigenvalue weighted by atomic mass is 10.1. The Hall–Kier alpha value is -1.53. The second-order valence-electron chi connectivity index (χ2n) is 5.18. The molecule has 110 valence electrons. The molecule has 0 fully saturated rings. The van der Waals surface area contributed by atoms with Crippen LogP contribution in [0.3, 0.4) is 0 Å². The summed E-state index contributed by atoms with van der Waals surface area (Å²) in [5.74, 6) is 0. The van der Waals surface area contributed by atoms with Crippen molar-refractivity contribution in [3.63, 3.8) is 0 Å². The van der Waals surface area contributed by atoms with Gasteiger partial charge in [0.05, 0.1) is 4.90 Å². The number of halogens is 1. The average molecular weight is 367 g/mol. The minimum atomic E-state index is -3.56. The monoisotopic (exact) mass is 366 g/mol. The average Bonchev–Trinajstić information content (AvgIpc) is 2.80. The molecule has 1 atom stereocenters. The van der Waals surface area contributed by atoms with Gasteiger partial charge in [0.15, 0.2) is 0 Å². The maximum absolute atomic E-state index is 12.4. The predicted molar refractivity (Wildman–Crippen MR) is 88.2 cm³/mol. The lowest BCUT2D eigenvalue weighted by Crippen LogP contribution is -2.13. The molecular formula is C15H15BrN2O2S. The van der Waals surface area contributed by atoms with E-state index in [1.807, 2.05) is 6.07 Å². The van der Waals surface area contributed by atoms with E-state index in [0.29, 0.717) is 16.6 Å². The van der Waals surface area contributed by atoms with E-state index in [1.54, 1.807) is 36.4 Å². The molecule has 21 heavy (non-hydrogen) atoms. The van der Waals surface area contributed by atoms with Gasteiger partial charge in [0, 0.05) is 21.9 Å². The Labute approximate surface area is 132 Å². The number of sulfonamides is 1.